The predicted molar refractivity (Wildman–Crippen MR) is 93.3 cm³/mol. The minimum absolute atomic E-state index is 0.186. The van der Waals surface area contributed by atoms with Gasteiger partial charge in [-0.2, -0.15) is 4.31 Å². The van der Waals surface area contributed by atoms with Gasteiger partial charge < -0.3 is 5.73 Å². The fourth-order valence-corrected chi connectivity index (χ4v) is 4.70. The van der Waals surface area contributed by atoms with Crippen LogP contribution in [0.1, 0.15) is 38.5 Å². The summed E-state index contributed by atoms with van der Waals surface area (Å²) >= 11 is 3.29. The van der Waals surface area contributed by atoms with Crippen molar-refractivity contribution in [2.24, 2.45) is 11.7 Å². The summed E-state index contributed by atoms with van der Waals surface area (Å²) in [5, 5.41) is 0. The Morgan fingerprint density at radius 1 is 1.17 bits per heavy atom. The van der Waals surface area contributed by atoms with E-state index in [9.17, 15) is 13.2 Å². The number of carbonyl (C=O) groups excluding carboxylic acids is 1. The maximum Gasteiger partial charge on any atom is 0.243 e. The lowest BCUT2D eigenvalue weighted by molar-refractivity contribution is -0.118. The molecule has 1 aromatic carbocycles. The van der Waals surface area contributed by atoms with Gasteiger partial charge in [0.05, 0.1) is 11.4 Å². The lowest BCUT2D eigenvalue weighted by Gasteiger charge is -2.26. The first-order valence-electron chi connectivity index (χ1n) is 7.93. The number of primary amides is 1. The summed E-state index contributed by atoms with van der Waals surface area (Å²) in [6, 6.07) is 6.43. The maximum atomic E-state index is 12.8. The summed E-state index contributed by atoms with van der Waals surface area (Å²) in [7, 11) is -3.70. The van der Waals surface area contributed by atoms with Gasteiger partial charge in [-0.3, -0.25) is 4.79 Å². The van der Waals surface area contributed by atoms with Crippen molar-refractivity contribution < 1.29 is 13.2 Å². The van der Waals surface area contributed by atoms with Gasteiger partial charge in [0.15, 0.2) is 0 Å². The Hall–Kier alpha value is -0.920. The number of hydrogen-bond donors (Lipinski definition) is 1. The van der Waals surface area contributed by atoms with Crippen LogP contribution in [0.3, 0.4) is 0 Å². The Bertz CT molecular complexity index is 625. The molecule has 0 unspecified atom stereocenters. The number of sulfonamides is 1. The summed E-state index contributed by atoms with van der Waals surface area (Å²) in [5.74, 6) is -0.0893. The van der Waals surface area contributed by atoms with Gasteiger partial charge in [-0.25, -0.2) is 8.42 Å². The van der Waals surface area contributed by atoms with E-state index >= 15 is 0 Å². The molecule has 0 spiro atoms. The number of halogens is 1. The van der Waals surface area contributed by atoms with Crippen molar-refractivity contribution >= 4 is 31.9 Å². The molecule has 23 heavy (non-hydrogen) atoms. The molecule has 1 amide bonds. The second kappa shape index (κ2) is 8.26. The number of carbonyl (C=O) groups is 1. The third-order valence-corrected chi connectivity index (χ3v) is 6.68. The molecule has 1 saturated carbocycles. The fourth-order valence-electron chi connectivity index (χ4n) is 3.02. The van der Waals surface area contributed by atoms with Crippen LogP contribution in [0.15, 0.2) is 33.6 Å². The molecular weight excluding hydrogens is 380 g/mol. The Labute approximate surface area is 146 Å². The normalized spacial score (nSPS) is 16.6. The zero-order valence-corrected chi connectivity index (χ0v) is 15.5. The second-order valence-corrected chi connectivity index (χ2v) is 8.91. The van der Waals surface area contributed by atoms with Crippen LogP contribution in [0.4, 0.5) is 0 Å². The van der Waals surface area contributed by atoms with Crippen LogP contribution in [0.25, 0.3) is 0 Å². The van der Waals surface area contributed by atoms with Crippen LogP contribution in [-0.2, 0) is 14.8 Å². The molecule has 0 heterocycles. The molecule has 2 N–H and O–H groups in total. The highest BCUT2D eigenvalue weighted by Crippen LogP contribution is 2.27. The van der Waals surface area contributed by atoms with Crippen LogP contribution in [0.2, 0.25) is 0 Å². The van der Waals surface area contributed by atoms with E-state index < -0.39 is 15.9 Å². The molecule has 0 atom stereocenters. The molecule has 1 aromatic rings. The molecule has 7 heteroatoms. The van der Waals surface area contributed by atoms with Crippen molar-refractivity contribution in [2.45, 2.75) is 43.4 Å². The van der Waals surface area contributed by atoms with Crippen molar-refractivity contribution in [2.75, 3.05) is 13.1 Å². The molecule has 5 nitrogen and oxygen atoms in total. The first-order chi connectivity index (χ1) is 10.9. The van der Waals surface area contributed by atoms with Gasteiger partial charge in [-0.1, -0.05) is 48.0 Å². The predicted octanol–water partition coefficient (Wildman–Crippen LogP) is 2.90. The monoisotopic (exact) mass is 402 g/mol. The maximum absolute atomic E-state index is 12.8. The summed E-state index contributed by atoms with van der Waals surface area (Å²) in [4.78, 5) is 11.5. The van der Waals surface area contributed by atoms with Crippen LogP contribution in [-0.4, -0.2) is 31.7 Å². The summed E-state index contributed by atoms with van der Waals surface area (Å²) in [5.41, 5.74) is 5.25. The molecule has 2 rings (SSSR count). The van der Waals surface area contributed by atoms with Crippen molar-refractivity contribution in [1.29, 1.82) is 0 Å². The number of rotatable bonds is 7. The minimum Gasteiger partial charge on any atom is -0.369 e. The van der Waals surface area contributed by atoms with Gasteiger partial charge in [-0.15, -0.1) is 0 Å². The standard InChI is InChI=1S/C16H23BrN2O3S/c17-14-6-8-15(9-7-14)23(21,22)19(12-16(18)20)11-10-13-4-2-1-3-5-13/h6-9,13H,1-5,10-12H2,(H2,18,20). The number of nitrogens with two attached hydrogens (primary N) is 1. The average molecular weight is 403 g/mol. The fraction of sp³-hybridized carbons (Fsp3) is 0.562. The minimum atomic E-state index is -3.70. The van der Waals surface area contributed by atoms with Gasteiger partial charge in [0.2, 0.25) is 15.9 Å². The third kappa shape index (κ3) is 5.29. The molecule has 0 aromatic heterocycles. The summed E-state index contributed by atoms with van der Waals surface area (Å²) in [6.45, 7) is 0.0666. The number of hydrogen-bond acceptors (Lipinski definition) is 3. The van der Waals surface area contributed by atoms with E-state index in [1.165, 1.54) is 35.7 Å². The van der Waals surface area contributed by atoms with Crippen LogP contribution in [0.5, 0.6) is 0 Å². The van der Waals surface area contributed by atoms with E-state index in [0.29, 0.717) is 12.5 Å². The Morgan fingerprint density at radius 2 is 1.78 bits per heavy atom. The van der Waals surface area contributed by atoms with Crippen molar-refractivity contribution in [3.8, 4) is 0 Å². The highest BCUT2D eigenvalue weighted by Gasteiger charge is 2.27. The van der Waals surface area contributed by atoms with E-state index in [0.717, 1.165) is 23.7 Å². The van der Waals surface area contributed by atoms with Crippen LogP contribution < -0.4 is 5.73 Å². The van der Waals surface area contributed by atoms with Crippen molar-refractivity contribution in [3.05, 3.63) is 28.7 Å². The zero-order valence-electron chi connectivity index (χ0n) is 13.1. The zero-order chi connectivity index (χ0) is 16.9. The molecule has 1 aliphatic rings. The second-order valence-electron chi connectivity index (χ2n) is 6.05. The molecular formula is C16H23BrN2O3S. The first kappa shape index (κ1) is 18.4. The summed E-state index contributed by atoms with van der Waals surface area (Å²) in [6.07, 6.45) is 6.74. The first-order valence-corrected chi connectivity index (χ1v) is 10.2. The molecule has 0 aliphatic heterocycles. The van der Waals surface area contributed by atoms with Crippen molar-refractivity contribution in [1.82, 2.24) is 4.31 Å². The SMILES string of the molecule is NC(=O)CN(CCC1CCCCC1)S(=O)(=O)c1ccc(Br)cc1. The quantitative estimate of drug-likeness (QED) is 0.760. The highest BCUT2D eigenvalue weighted by atomic mass is 79.9. The topological polar surface area (TPSA) is 80.5 Å². The number of amides is 1. The van der Waals surface area contributed by atoms with Gasteiger partial charge in [0.25, 0.3) is 0 Å². The van der Waals surface area contributed by atoms with E-state index in [4.69, 9.17) is 5.73 Å². The van der Waals surface area contributed by atoms with E-state index in [1.807, 2.05) is 0 Å². The lowest BCUT2D eigenvalue weighted by atomic mass is 9.87. The Morgan fingerprint density at radius 3 is 2.35 bits per heavy atom. The van der Waals surface area contributed by atoms with Crippen molar-refractivity contribution in [3.63, 3.8) is 0 Å². The molecule has 0 saturated heterocycles. The number of nitrogens with zero attached hydrogens (tertiary/aromatic N) is 1. The Balaban J connectivity index is 2.12. The highest BCUT2D eigenvalue weighted by molar-refractivity contribution is 9.10. The average Bonchev–Trinajstić information content (AvgIpc) is 2.52. The van der Waals surface area contributed by atoms with E-state index in [2.05, 4.69) is 15.9 Å². The van der Waals surface area contributed by atoms with E-state index in [1.54, 1.807) is 12.1 Å². The smallest absolute Gasteiger partial charge is 0.243 e. The van der Waals surface area contributed by atoms with Crippen LogP contribution >= 0.6 is 15.9 Å². The molecule has 1 fully saturated rings. The van der Waals surface area contributed by atoms with Gasteiger partial charge in [0, 0.05) is 11.0 Å². The Kier molecular flexibility index (Phi) is 6.61. The van der Waals surface area contributed by atoms with Gasteiger partial charge in [0.1, 0.15) is 0 Å². The number of benzene rings is 1. The summed E-state index contributed by atoms with van der Waals surface area (Å²) < 4.78 is 27.5. The van der Waals surface area contributed by atoms with Crippen LogP contribution in [0, 0.1) is 5.92 Å². The molecule has 1 aliphatic carbocycles. The molecule has 128 valence electrons. The lowest BCUT2D eigenvalue weighted by Crippen LogP contribution is -2.39. The third-order valence-electron chi connectivity index (χ3n) is 4.30. The van der Waals surface area contributed by atoms with Gasteiger partial charge >= 0.3 is 0 Å². The van der Waals surface area contributed by atoms with E-state index in [-0.39, 0.29) is 11.4 Å². The van der Waals surface area contributed by atoms with Gasteiger partial charge in [-0.05, 0) is 36.6 Å². The molecule has 0 radical (unpaired) electrons. The largest absolute Gasteiger partial charge is 0.369 e. The molecule has 0 bridgehead atoms.